The minimum absolute atomic E-state index is 0.160. The number of rotatable bonds is 6. The van der Waals surface area contributed by atoms with E-state index < -0.39 is 5.63 Å². The lowest BCUT2D eigenvalue weighted by Gasteiger charge is -2.28. The molecule has 1 atom stereocenters. The van der Waals surface area contributed by atoms with Crippen molar-refractivity contribution in [1.82, 2.24) is 0 Å². The standard InChI is InChI=1S/C25H27NO5/c1-4-29-22(27)11-10-20-16(2)21-12-19-14-26(13-18-8-6-5-7-9-18)15-30-23(19)17(3)24(21)31-25(20)28/h5-9,12H,4,10-11,13-15H2,1-3H3/p+1. The third-order valence-corrected chi connectivity index (χ3v) is 5.88. The van der Waals surface area contributed by atoms with Gasteiger partial charge in [-0.15, -0.1) is 0 Å². The van der Waals surface area contributed by atoms with Gasteiger partial charge in [0.25, 0.3) is 0 Å². The fourth-order valence-electron chi connectivity index (χ4n) is 4.31. The second kappa shape index (κ2) is 8.94. The van der Waals surface area contributed by atoms with Crippen molar-refractivity contribution < 1.29 is 23.6 Å². The monoisotopic (exact) mass is 422 g/mol. The summed E-state index contributed by atoms with van der Waals surface area (Å²) >= 11 is 0. The van der Waals surface area contributed by atoms with Gasteiger partial charge in [-0.25, -0.2) is 4.79 Å². The van der Waals surface area contributed by atoms with Gasteiger partial charge >= 0.3 is 11.6 Å². The molecule has 1 aromatic heterocycles. The number of benzene rings is 2. The first kappa shape index (κ1) is 21.1. The van der Waals surface area contributed by atoms with Crippen LogP contribution in [-0.4, -0.2) is 19.3 Å². The molecule has 1 aliphatic rings. The molecule has 0 bridgehead atoms. The first-order valence-corrected chi connectivity index (χ1v) is 10.7. The van der Waals surface area contributed by atoms with Gasteiger partial charge in [-0.05, 0) is 38.8 Å². The third kappa shape index (κ3) is 4.35. The van der Waals surface area contributed by atoms with E-state index in [2.05, 4.69) is 18.2 Å². The third-order valence-electron chi connectivity index (χ3n) is 5.88. The molecule has 4 rings (SSSR count). The molecule has 0 fully saturated rings. The second-order valence-corrected chi connectivity index (χ2v) is 8.04. The summed E-state index contributed by atoms with van der Waals surface area (Å²) in [5.74, 6) is 0.503. The first-order chi connectivity index (χ1) is 15.0. The average Bonchev–Trinajstić information content (AvgIpc) is 2.75. The number of fused-ring (bicyclic) bond motifs is 2. The molecule has 3 aromatic rings. The maximum atomic E-state index is 12.6. The molecule has 6 nitrogen and oxygen atoms in total. The van der Waals surface area contributed by atoms with Gasteiger partial charge in [-0.2, -0.15) is 0 Å². The summed E-state index contributed by atoms with van der Waals surface area (Å²) in [6, 6.07) is 12.5. The molecule has 31 heavy (non-hydrogen) atoms. The van der Waals surface area contributed by atoms with E-state index in [0.29, 0.717) is 30.9 Å². The van der Waals surface area contributed by atoms with Crippen LogP contribution >= 0.6 is 0 Å². The Hall–Kier alpha value is -3.12. The maximum Gasteiger partial charge on any atom is 0.339 e. The van der Waals surface area contributed by atoms with Gasteiger partial charge in [0.15, 0.2) is 0 Å². The van der Waals surface area contributed by atoms with E-state index in [9.17, 15) is 9.59 Å². The summed E-state index contributed by atoms with van der Waals surface area (Å²) in [5.41, 5.74) is 4.78. The predicted molar refractivity (Wildman–Crippen MR) is 117 cm³/mol. The molecule has 0 saturated carbocycles. The topological polar surface area (TPSA) is 70.2 Å². The SMILES string of the molecule is CCOC(=O)CCc1c(C)c2cc3c(c(C)c2oc1=O)OC[NH+](Cc1ccccc1)C3. The summed E-state index contributed by atoms with van der Waals surface area (Å²) in [6.07, 6.45) is 0.466. The number of aryl methyl sites for hydroxylation is 2. The molecular formula is C25H28NO5+. The largest absolute Gasteiger partial charge is 0.466 e. The number of ether oxygens (including phenoxy) is 2. The highest BCUT2D eigenvalue weighted by Gasteiger charge is 2.26. The molecule has 6 heteroatoms. The zero-order valence-corrected chi connectivity index (χ0v) is 18.2. The number of nitrogens with one attached hydrogen (secondary N) is 1. The van der Waals surface area contributed by atoms with Crippen LogP contribution in [-0.2, 0) is 29.0 Å². The molecule has 1 N–H and O–H groups in total. The Balaban J connectivity index is 1.66. The van der Waals surface area contributed by atoms with Gasteiger partial charge in [0.1, 0.15) is 24.4 Å². The van der Waals surface area contributed by atoms with E-state index in [1.54, 1.807) is 6.92 Å². The van der Waals surface area contributed by atoms with Crippen LogP contribution in [0.4, 0.5) is 0 Å². The molecule has 0 amide bonds. The van der Waals surface area contributed by atoms with Crippen LogP contribution in [0.2, 0.25) is 0 Å². The minimum Gasteiger partial charge on any atom is -0.466 e. The van der Waals surface area contributed by atoms with Crippen LogP contribution in [0, 0.1) is 13.8 Å². The van der Waals surface area contributed by atoms with E-state index in [-0.39, 0.29) is 12.4 Å². The number of hydrogen-bond donors (Lipinski definition) is 1. The number of carbonyl (C=O) groups excluding carboxylic acids is 1. The highest BCUT2D eigenvalue weighted by molar-refractivity contribution is 5.87. The van der Waals surface area contributed by atoms with Crippen molar-refractivity contribution in [2.24, 2.45) is 0 Å². The average molecular weight is 423 g/mol. The van der Waals surface area contributed by atoms with Crippen LogP contribution in [0.15, 0.2) is 45.6 Å². The van der Waals surface area contributed by atoms with Crippen LogP contribution in [0.25, 0.3) is 11.0 Å². The molecule has 0 saturated heterocycles. The van der Waals surface area contributed by atoms with Crippen LogP contribution in [0.5, 0.6) is 5.75 Å². The Kier molecular flexibility index (Phi) is 6.09. The zero-order valence-electron chi connectivity index (χ0n) is 18.2. The van der Waals surface area contributed by atoms with E-state index in [1.165, 1.54) is 10.5 Å². The molecule has 1 unspecified atom stereocenters. The molecule has 0 aliphatic carbocycles. The van der Waals surface area contributed by atoms with Crippen molar-refractivity contribution in [2.75, 3.05) is 13.3 Å². The molecular weight excluding hydrogens is 394 g/mol. The van der Waals surface area contributed by atoms with Gasteiger partial charge in [0, 0.05) is 34.1 Å². The fourth-order valence-corrected chi connectivity index (χ4v) is 4.31. The summed E-state index contributed by atoms with van der Waals surface area (Å²) in [5, 5.41) is 0.902. The number of carbonyl (C=O) groups is 1. The van der Waals surface area contributed by atoms with Gasteiger partial charge < -0.3 is 13.9 Å². The number of hydrogen-bond acceptors (Lipinski definition) is 5. The first-order valence-electron chi connectivity index (χ1n) is 10.7. The molecule has 2 aromatic carbocycles. The lowest BCUT2D eigenvalue weighted by atomic mass is 9.97. The van der Waals surface area contributed by atoms with E-state index >= 15 is 0 Å². The van der Waals surface area contributed by atoms with E-state index in [4.69, 9.17) is 13.9 Å². The summed E-state index contributed by atoms with van der Waals surface area (Å²) in [6.45, 7) is 8.23. The predicted octanol–water partition coefficient (Wildman–Crippen LogP) is 2.84. The summed E-state index contributed by atoms with van der Waals surface area (Å²) in [7, 11) is 0. The normalized spacial score (nSPS) is 15.4. The number of esters is 1. The van der Waals surface area contributed by atoms with Gasteiger partial charge in [0.05, 0.1) is 6.61 Å². The molecule has 1 aliphatic heterocycles. The van der Waals surface area contributed by atoms with Crippen molar-refractivity contribution in [3.63, 3.8) is 0 Å². The maximum absolute atomic E-state index is 12.6. The fraction of sp³-hybridized carbons (Fsp3) is 0.360. The second-order valence-electron chi connectivity index (χ2n) is 8.04. The molecule has 0 spiro atoms. The van der Waals surface area contributed by atoms with Crippen LogP contribution < -0.4 is 15.3 Å². The van der Waals surface area contributed by atoms with Crippen molar-refractivity contribution in [1.29, 1.82) is 0 Å². The van der Waals surface area contributed by atoms with Crippen LogP contribution in [0.3, 0.4) is 0 Å². The summed E-state index contributed by atoms with van der Waals surface area (Å²) < 4.78 is 16.8. The Labute approximate surface area is 181 Å². The summed E-state index contributed by atoms with van der Waals surface area (Å²) in [4.78, 5) is 25.7. The molecule has 2 heterocycles. The Morgan fingerprint density at radius 2 is 1.94 bits per heavy atom. The zero-order chi connectivity index (χ0) is 22.0. The minimum atomic E-state index is -0.399. The van der Waals surface area contributed by atoms with Crippen molar-refractivity contribution in [3.05, 3.63) is 74.6 Å². The van der Waals surface area contributed by atoms with Gasteiger partial charge in [-0.3, -0.25) is 9.69 Å². The quantitative estimate of drug-likeness (QED) is 0.489. The smallest absolute Gasteiger partial charge is 0.339 e. The number of quaternary nitrogens is 1. The van der Waals surface area contributed by atoms with Crippen molar-refractivity contribution in [2.45, 2.75) is 46.7 Å². The Morgan fingerprint density at radius 1 is 1.16 bits per heavy atom. The molecule has 162 valence electrons. The molecule has 0 radical (unpaired) electrons. The van der Waals surface area contributed by atoms with E-state index in [0.717, 1.165) is 40.9 Å². The lowest BCUT2D eigenvalue weighted by molar-refractivity contribution is -0.945. The van der Waals surface area contributed by atoms with Gasteiger partial charge in [0.2, 0.25) is 6.73 Å². The van der Waals surface area contributed by atoms with Gasteiger partial charge in [-0.1, -0.05) is 30.3 Å². The Morgan fingerprint density at radius 3 is 2.68 bits per heavy atom. The van der Waals surface area contributed by atoms with Crippen molar-refractivity contribution >= 4 is 16.9 Å². The Bertz CT molecular complexity index is 1170. The highest BCUT2D eigenvalue weighted by atomic mass is 16.5. The highest BCUT2D eigenvalue weighted by Crippen LogP contribution is 2.34. The van der Waals surface area contributed by atoms with Crippen molar-refractivity contribution in [3.8, 4) is 5.75 Å². The van der Waals surface area contributed by atoms with Crippen LogP contribution in [0.1, 0.15) is 41.2 Å². The lowest BCUT2D eigenvalue weighted by Crippen LogP contribution is -3.10. The van der Waals surface area contributed by atoms with E-state index in [1.807, 2.05) is 32.0 Å².